The van der Waals surface area contributed by atoms with E-state index in [0.29, 0.717) is 5.69 Å². The number of H-pyrrole nitrogens is 1. The second-order valence-corrected chi connectivity index (χ2v) is 4.83. The van der Waals surface area contributed by atoms with Crippen LogP contribution in [0.3, 0.4) is 0 Å². The van der Waals surface area contributed by atoms with Crippen LogP contribution in [0.2, 0.25) is 0 Å². The normalized spacial score (nSPS) is 10.9. The van der Waals surface area contributed by atoms with Gasteiger partial charge in [0.15, 0.2) is 6.29 Å². The van der Waals surface area contributed by atoms with E-state index in [9.17, 15) is 4.79 Å². The summed E-state index contributed by atoms with van der Waals surface area (Å²) in [6.45, 7) is 2.38. The molecule has 2 N–H and O–H groups in total. The number of carbonyl (C=O) groups is 1. The fourth-order valence-electron chi connectivity index (χ4n) is 2.03. The van der Waals surface area contributed by atoms with Crippen LogP contribution in [-0.4, -0.2) is 43.2 Å². The first kappa shape index (κ1) is 16.2. The van der Waals surface area contributed by atoms with Gasteiger partial charge in [-0.25, -0.2) is 0 Å². The van der Waals surface area contributed by atoms with Gasteiger partial charge in [0.1, 0.15) is 5.69 Å². The Morgan fingerprint density at radius 1 is 1.27 bits per heavy atom. The number of nitrogens with zero attached hydrogens (tertiary/aromatic N) is 1. The fraction of sp³-hybridized carbons (Fsp3) is 0.375. The molecule has 6 heteroatoms. The average molecular weight is 303 g/mol. The van der Waals surface area contributed by atoms with Gasteiger partial charge in [-0.05, 0) is 18.1 Å². The first-order valence-electron chi connectivity index (χ1n) is 7.16. The lowest BCUT2D eigenvalue weighted by atomic mass is 10.1. The zero-order valence-corrected chi connectivity index (χ0v) is 13.1. The molecule has 22 heavy (non-hydrogen) atoms. The largest absolute Gasteiger partial charge is 0.354 e. The Bertz CT molecular complexity index is 603. The quantitative estimate of drug-likeness (QED) is 0.767. The summed E-state index contributed by atoms with van der Waals surface area (Å²) in [5.74, 6) is -0.247. The van der Waals surface area contributed by atoms with Crippen molar-refractivity contribution in [1.29, 1.82) is 0 Å². The highest BCUT2D eigenvalue weighted by Gasteiger charge is 2.13. The van der Waals surface area contributed by atoms with Crippen LogP contribution < -0.4 is 5.32 Å². The highest BCUT2D eigenvalue weighted by molar-refractivity contribution is 5.93. The lowest BCUT2D eigenvalue weighted by Crippen LogP contribution is -2.34. The number of carbonyl (C=O) groups excluding carboxylic acids is 1. The molecule has 1 heterocycles. The smallest absolute Gasteiger partial charge is 0.269 e. The number of nitrogens with one attached hydrogen (secondary N) is 2. The second-order valence-electron chi connectivity index (χ2n) is 4.83. The van der Waals surface area contributed by atoms with Gasteiger partial charge in [-0.1, -0.05) is 31.2 Å². The summed E-state index contributed by atoms with van der Waals surface area (Å²) in [7, 11) is 3.04. The van der Waals surface area contributed by atoms with E-state index in [2.05, 4.69) is 34.6 Å². The van der Waals surface area contributed by atoms with Crippen molar-refractivity contribution >= 4 is 5.91 Å². The van der Waals surface area contributed by atoms with Crippen LogP contribution in [0.5, 0.6) is 0 Å². The molecular formula is C16H21N3O3. The summed E-state index contributed by atoms with van der Waals surface area (Å²) in [5.41, 5.74) is 3.38. The zero-order chi connectivity index (χ0) is 15.9. The maximum absolute atomic E-state index is 12.0. The van der Waals surface area contributed by atoms with E-state index in [1.54, 1.807) is 6.07 Å². The van der Waals surface area contributed by atoms with Gasteiger partial charge in [-0.3, -0.25) is 9.89 Å². The number of hydrogen-bond acceptors (Lipinski definition) is 4. The SMILES string of the molecule is CCc1ccc(-c2cc(C(=O)NCC(OC)OC)[nH]n2)cc1. The van der Waals surface area contributed by atoms with Gasteiger partial charge < -0.3 is 14.8 Å². The van der Waals surface area contributed by atoms with E-state index >= 15 is 0 Å². The third-order valence-electron chi connectivity index (χ3n) is 3.44. The molecular weight excluding hydrogens is 282 g/mol. The summed E-state index contributed by atoms with van der Waals surface area (Å²) in [5, 5.41) is 9.65. The van der Waals surface area contributed by atoms with E-state index in [1.165, 1.54) is 19.8 Å². The van der Waals surface area contributed by atoms with Crippen LogP contribution in [0.4, 0.5) is 0 Å². The number of rotatable bonds is 7. The molecule has 0 radical (unpaired) electrons. The predicted molar refractivity (Wildman–Crippen MR) is 83.5 cm³/mol. The van der Waals surface area contributed by atoms with Gasteiger partial charge in [0.25, 0.3) is 5.91 Å². The summed E-state index contributed by atoms with van der Waals surface area (Å²) < 4.78 is 10.0. The van der Waals surface area contributed by atoms with Crippen LogP contribution >= 0.6 is 0 Å². The van der Waals surface area contributed by atoms with Gasteiger partial charge in [0.05, 0.1) is 12.2 Å². The van der Waals surface area contributed by atoms with Gasteiger partial charge in [-0.2, -0.15) is 5.10 Å². The Kier molecular flexibility index (Phi) is 5.68. The molecule has 0 bridgehead atoms. The van der Waals surface area contributed by atoms with E-state index < -0.39 is 6.29 Å². The van der Waals surface area contributed by atoms with Crippen molar-refractivity contribution in [3.8, 4) is 11.3 Å². The molecule has 2 aromatic rings. The van der Waals surface area contributed by atoms with Crippen molar-refractivity contribution in [2.45, 2.75) is 19.6 Å². The third kappa shape index (κ3) is 3.93. The van der Waals surface area contributed by atoms with Crippen molar-refractivity contribution in [3.05, 3.63) is 41.6 Å². The molecule has 0 aliphatic heterocycles. The number of benzene rings is 1. The molecule has 1 amide bonds. The van der Waals surface area contributed by atoms with E-state index in [1.807, 2.05) is 12.1 Å². The first-order chi connectivity index (χ1) is 10.7. The summed E-state index contributed by atoms with van der Waals surface area (Å²) >= 11 is 0. The molecule has 0 saturated heterocycles. The van der Waals surface area contributed by atoms with Crippen molar-refractivity contribution in [2.24, 2.45) is 0 Å². The molecule has 0 saturated carbocycles. The fourth-order valence-corrected chi connectivity index (χ4v) is 2.03. The number of aromatic nitrogens is 2. The van der Waals surface area contributed by atoms with Gasteiger partial charge in [-0.15, -0.1) is 0 Å². The topological polar surface area (TPSA) is 76.2 Å². The molecule has 1 aromatic carbocycles. The number of amides is 1. The molecule has 0 aliphatic carbocycles. The Labute approximate surface area is 129 Å². The van der Waals surface area contributed by atoms with Gasteiger partial charge in [0, 0.05) is 19.8 Å². The first-order valence-corrected chi connectivity index (χ1v) is 7.16. The maximum Gasteiger partial charge on any atom is 0.269 e. The van der Waals surface area contributed by atoms with Crippen molar-refractivity contribution in [3.63, 3.8) is 0 Å². The zero-order valence-electron chi connectivity index (χ0n) is 13.1. The molecule has 0 unspecified atom stereocenters. The Balaban J connectivity index is 2.02. The van der Waals surface area contributed by atoms with Crippen molar-refractivity contribution in [1.82, 2.24) is 15.5 Å². The molecule has 6 nitrogen and oxygen atoms in total. The minimum Gasteiger partial charge on any atom is -0.354 e. The monoisotopic (exact) mass is 303 g/mol. The standard InChI is InChI=1S/C16H21N3O3/c1-4-11-5-7-12(8-6-11)13-9-14(19-18-13)16(20)17-10-15(21-2)22-3/h5-9,15H,4,10H2,1-3H3,(H,17,20)(H,18,19). The maximum atomic E-state index is 12.0. The van der Waals surface area contributed by atoms with Crippen LogP contribution in [0.25, 0.3) is 11.3 Å². The Morgan fingerprint density at radius 3 is 2.55 bits per heavy atom. The molecule has 0 aliphatic rings. The molecule has 0 atom stereocenters. The molecule has 1 aromatic heterocycles. The molecule has 0 fully saturated rings. The van der Waals surface area contributed by atoms with Gasteiger partial charge >= 0.3 is 0 Å². The van der Waals surface area contributed by atoms with Crippen LogP contribution in [-0.2, 0) is 15.9 Å². The molecule has 2 rings (SSSR count). The van der Waals surface area contributed by atoms with E-state index in [-0.39, 0.29) is 12.5 Å². The number of aromatic amines is 1. The second kappa shape index (κ2) is 7.72. The highest BCUT2D eigenvalue weighted by Crippen LogP contribution is 2.18. The van der Waals surface area contributed by atoms with Crippen molar-refractivity contribution < 1.29 is 14.3 Å². The summed E-state index contributed by atoms with van der Waals surface area (Å²) in [4.78, 5) is 12.0. The lowest BCUT2D eigenvalue weighted by Gasteiger charge is -2.13. The van der Waals surface area contributed by atoms with Crippen molar-refractivity contribution in [2.75, 3.05) is 20.8 Å². The summed E-state index contributed by atoms with van der Waals surface area (Å²) in [6.07, 6.45) is 0.530. The molecule has 0 spiro atoms. The average Bonchev–Trinajstić information content (AvgIpc) is 3.05. The Morgan fingerprint density at radius 2 is 1.95 bits per heavy atom. The Hall–Kier alpha value is -2.18. The minimum atomic E-state index is -0.465. The van der Waals surface area contributed by atoms with Crippen LogP contribution in [0.15, 0.2) is 30.3 Å². The van der Waals surface area contributed by atoms with E-state index in [4.69, 9.17) is 9.47 Å². The summed E-state index contributed by atoms with van der Waals surface area (Å²) in [6, 6.07) is 9.85. The lowest BCUT2D eigenvalue weighted by molar-refractivity contribution is -0.0974. The number of methoxy groups -OCH3 is 2. The molecule has 118 valence electrons. The number of aryl methyl sites for hydroxylation is 1. The van der Waals surface area contributed by atoms with E-state index in [0.717, 1.165) is 17.7 Å². The highest BCUT2D eigenvalue weighted by atomic mass is 16.7. The van der Waals surface area contributed by atoms with Crippen LogP contribution in [0, 0.1) is 0 Å². The number of hydrogen-bond donors (Lipinski definition) is 2. The predicted octanol–water partition coefficient (Wildman–Crippen LogP) is 1.99. The van der Waals surface area contributed by atoms with Crippen LogP contribution in [0.1, 0.15) is 23.0 Å². The minimum absolute atomic E-state index is 0.247. The van der Waals surface area contributed by atoms with Gasteiger partial charge in [0.2, 0.25) is 0 Å². The number of ether oxygens (including phenoxy) is 2. The third-order valence-corrected chi connectivity index (χ3v) is 3.44.